The summed E-state index contributed by atoms with van der Waals surface area (Å²) in [6.07, 6.45) is 10.4. The number of sulfonamides is 1. The summed E-state index contributed by atoms with van der Waals surface area (Å²) in [5, 5.41) is 1.24. The van der Waals surface area contributed by atoms with Gasteiger partial charge in [-0.3, -0.25) is 0 Å². The number of aromatic nitrogens is 1. The Balaban J connectivity index is 1.16. The number of hydrogen-bond acceptors (Lipinski definition) is 4. The smallest absolute Gasteiger partial charge is 0.215 e. The van der Waals surface area contributed by atoms with Crippen LogP contribution >= 0.6 is 0 Å². The van der Waals surface area contributed by atoms with Crippen LogP contribution in [0, 0.1) is 13.8 Å². The molecule has 0 aliphatic heterocycles. The monoisotopic (exact) mass is 604 g/mol. The van der Waals surface area contributed by atoms with Gasteiger partial charge in [-0.05, 0) is 91.4 Å². The number of benzene rings is 3. The zero-order valence-electron chi connectivity index (χ0n) is 26.3. The number of nitrogens with one attached hydrogen (secondary N) is 1. The Morgan fingerprint density at radius 1 is 0.721 bits per heavy atom. The highest BCUT2D eigenvalue weighted by atomic mass is 32.2. The van der Waals surface area contributed by atoms with Crippen molar-refractivity contribution in [3.63, 3.8) is 0 Å². The van der Waals surface area contributed by atoms with Crippen molar-refractivity contribution in [1.29, 1.82) is 0 Å². The van der Waals surface area contributed by atoms with Crippen molar-refractivity contribution in [2.75, 3.05) is 20.8 Å². The second-order valence-corrected chi connectivity index (χ2v) is 13.3. The van der Waals surface area contributed by atoms with Crippen molar-refractivity contribution in [3.05, 3.63) is 83.4 Å². The van der Waals surface area contributed by atoms with E-state index in [-0.39, 0.29) is 5.75 Å². The highest BCUT2D eigenvalue weighted by Gasteiger charge is 2.17. The van der Waals surface area contributed by atoms with Crippen LogP contribution in [0.2, 0.25) is 0 Å². The summed E-state index contributed by atoms with van der Waals surface area (Å²) in [7, 11) is 0.133. The van der Waals surface area contributed by atoms with Crippen LogP contribution in [-0.4, -0.2) is 33.7 Å². The summed E-state index contributed by atoms with van der Waals surface area (Å²) >= 11 is 0. The number of unbranched alkanes of at least 4 members (excludes halogenated alkanes) is 8. The summed E-state index contributed by atoms with van der Waals surface area (Å²) < 4.78 is 40.9. The molecule has 0 amide bonds. The summed E-state index contributed by atoms with van der Waals surface area (Å²) in [6.45, 7) is 5.66. The van der Waals surface area contributed by atoms with E-state index in [4.69, 9.17) is 9.47 Å². The Bertz CT molecular complexity index is 1560. The molecule has 0 spiro atoms. The van der Waals surface area contributed by atoms with Crippen LogP contribution in [0.5, 0.6) is 11.5 Å². The summed E-state index contributed by atoms with van der Waals surface area (Å²) in [4.78, 5) is 0. The molecule has 0 saturated heterocycles. The molecular weight excluding hydrogens is 556 g/mol. The molecular formula is C36H48N2O4S. The van der Waals surface area contributed by atoms with Gasteiger partial charge in [-0.2, -0.15) is 0 Å². The molecule has 43 heavy (non-hydrogen) atoms. The number of hydrogen-bond donors (Lipinski definition) is 1. The molecule has 4 aromatic rings. The van der Waals surface area contributed by atoms with Crippen LogP contribution in [0.15, 0.2) is 66.7 Å². The van der Waals surface area contributed by atoms with Gasteiger partial charge in [-0.1, -0.05) is 69.2 Å². The Kier molecular flexibility index (Phi) is 12.1. The number of nitrogens with zero attached hydrogens (tertiary/aromatic N) is 1. The van der Waals surface area contributed by atoms with Crippen LogP contribution in [0.4, 0.5) is 0 Å². The van der Waals surface area contributed by atoms with Gasteiger partial charge in [-0.25, -0.2) is 13.1 Å². The zero-order chi connectivity index (χ0) is 30.7. The molecule has 3 aromatic carbocycles. The number of fused-ring (bicyclic) bond motifs is 1. The van der Waals surface area contributed by atoms with Crippen molar-refractivity contribution in [2.24, 2.45) is 0 Å². The second kappa shape index (κ2) is 16.0. The van der Waals surface area contributed by atoms with E-state index in [0.717, 1.165) is 54.9 Å². The molecule has 6 nitrogen and oxygen atoms in total. The molecule has 0 atom stereocenters. The third-order valence-corrected chi connectivity index (χ3v) is 9.71. The summed E-state index contributed by atoms with van der Waals surface area (Å²) in [5.41, 5.74) is 6.88. The molecule has 1 N–H and O–H groups in total. The Morgan fingerprint density at radius 2 is 1.33 bits per heavy atom. The molecule has 4 rings (SSSR count). The third-order valence-electron chi connectivity index (χ3n) is 8.37. The number of ether oxygens (including phenoxy) is 2. The molecule has 0 aliphatic carbocycles. The normalized spacial score (nSPS) is 11.7. The average Bonchev–Trinajstić information content (AvgIpc) is 3.29. The van der Waals surface area contributed by atoms with Gasteiger partial charge in [0.15, 0.2) is 0 Å². The topological polar surface area (TPSA) is 69.6 Å². The van der Waals surface area contributed by atoms with E-state index in [1.807, 2.05) is 43.3 Å². The number of aryl methyl sites for hydroxylation is 3. The van der Waals surface area contributed by atoms with Crippen LogP contribution in [0.3, 0.4) is 0 Å². The lowest BCUT2D eigenvalue weighted by Crippen LogP contribution is -2.26. The van der Waals surface area contributed by atoms with Gasteiger partial charge >= 0.3 is 0 Å². The Hall–Kier alpha value is -3.29. The van der Waals surface area contributed by atoms with E-state index in [1.54, 1.807) is 14.2 Å². The Labute approximate surface area is 258 Å². The van der Waals surface area contributed by atoms with Crippen molar-refractivity contribution in [1.82, 2.24) is 9.29 Å². The Morgan fingerprint density at radius 3 is 1.98 bits per heavy atom. The third kappa shape index (κ3) is 9.10. The minimum absolute atomic E-state index is 0.0530. The molecule has 0 saturated carbocycles. The molecule has 0 fully saturated rings. The fourth-order valence-corrected chi connectivity index (χ4v) is 7.16. The first kappa shape index (κ1) is 32.6. The van der Waals surface area contributed by atoms with Gasteiger partial charge in [0.05, 0.1) is 25.7 Å². The maximum atomic E-state index is 12.4. The standard InChI is InChI=1S/C36H48N2O4S/c1-28-16-12-13-17-31(28)27-43(39,40)37-24-14-10-8-6-5-7-9-11-15-25-38-35-23-22-33(42-4)26-34(35)29(2)36(38)30-18-20-32(41-3)21-19-30/h12-13,16-23,26,37H,5-11,14-15,24-25,27H2,1-4H3. The van der Waals surface area contributed by atoms with E-state index < -0.39 is 10.0 Å². The minimum Gasteiger partial charge on any atom is -0.497 e. The molecule has 0 aliphatic rings. The van der Waals surface area contributed by atoms with Crippen molar-refractivity contribution in [3.8, 4) is 22.8 Å². The number of methoxy groups -OCH3 is 2. The van der Waals surface area contributed by atoms with E-state index >= 15 is 0 Å². The highest BCUT2D eigenvalue weighted by molar-refractivity contribution is 7.88. The van der Waals surface area contributed by atoms with E-state index in [0.29, 0.717) is 6.54 Å². The fraction of sp³-hybridized carbons (Fsp3) is 0.444. The van der Waals surface area contributed by atoms with E-state index in [9.17, 15) is 8.42 Å². The minimum atomic E-state index is -3.29. The lowest BCUT2D eigenvalue weighted by molar-refractivity contribution is 0.415. The maximum Gasteiger partial charge on any atom is 0.215 e. The molecule has 1 aromatic heterocycles. The van der Waals surface area contributed by atoms with Gasteiger partial charge in [0.25, 0.3) is 0 Å². The first-order chi connectivity index (χ1) is 20.8. The fourth-order valence-electron chi connectivity index (χ4n) is 5.87. The first-order valence-electron chi connectivity index (χ1n) is 15.7. The van der Waals surface area contributed by atoms with Crippen molar-refractivity contribution in [2.45, 2.75) is 83.9 Å². The van der Waals surface area contributed by atoms with Crippen LogP contribution < -0.4 is 14.2 Å². The van der Waals surface area contributed by atoms with Gasteiger partial charge in [0, 0.05) is 24.0 Å². The maximum absolute atomic E-state index is 12.4. The molecule has 0 unspecified atom stereocenters. The van der Waals surface area contributed by atoms with Crippen molar-refractivity contribution < 1.29 is 17.9 Å². The molecule has 1 heterocycles. The zero-order valence-corrected chi connectivity index (χ0v) is 27.1. The SMILES string of the molecule is COc1ccc(-c2c(C)c3cc(OC)ccc3n2CCCCCCCCCCCNS(=O)(=O)Cc2ccccc2C)cc1. The lowest BCUT2D eigenvalue weighted by atomic mass is 10.1. The van der Waals surface area contributed by atoms with Gasteiger partial charge in [0.1, 0.15) is 11.5 Å². The van der Waals surface area contributed by atoms with Crippen LogP contribution in [0.1, 0.15) is 74.5 Å². The number of rotatable bonds is 18. The van der Waals surface area contributed by atoms with Gasteiger partial charge in [-0.15, -0.1) is 0 Å². The summed E-state index contributed by atoms with van der Waals surface area (Å²) in [5.74, 6) is 1.80. The summed E-state index contributed by atoms with van der Waals surface area (Å²) in [6, 6.07) is 22.4. The van der Waals surface area contributed by atoms with Crippen molar-refractivity contribution >= 4 is 20.9 Å². The predicted molar refractivity (Wildman–Crippen MR) is 179 cm³/mol. The lowest BCUT2D eigenvalue weighted by Gasteiger charge is -2.13. The molecule has 232 valence electrons. The molecule has 0 radical (unpaired) electrons. The first-order valence-corrected chi connectivity index (χ1v) is 17.3. The molecule has 0 bridgehead atoms. The van der Waals surface area contributed by atoms with Gasteiger partial charge < -0.3 is 14.0 Å². The second-order valence-electron chi connectivity index (χ2n) is 11.5. The van der Waals surface area contributed by atoms with Crippen LogP contribution in [0.25, 0.3) is 22.2 Å². The van der Waals surface area contributed by atoms with Crippen LogP contribution in [-0.2, 0) is 22.3 Å². The average molecular weight is 605 g/mol. The van der Waals surface area contributed by atoms with E-state index in [1.165, 1.54) is 59.8 Å². The highest BCUT2D eigenvalue weighted by Crippen LogP contribution is 2.36. The molecule has 7 heteroatoms. The predicted octanol–water partition coefficient (Wildman–Crippen LogP) is 8.57. The van der Waals surface area contributed by atoms with Gasteiger partial charge in [0.2, 0.25) is 10.0 Å². The largest absolute Gasteiger partial charge is 0.497 e. The quantitative estimate of drug-likeness (QED) is 0.116. The van der Waals surface area contributed by atoms with E-state index in [2.05, 4.69) is 46.5 Å².